The van der Waals surface area contributed by atoms with Crippen molar-refractivity contribution in [3.63, 3.8) is 0 Å². The Bertz CT molecular complexity index is 1510. The lowest BCUT2D eigenvalue weighted by Crippen LogP contribution is -2.54. The van der Waals surface area contributed by atoms with E-state index in [1.165, 1.54) is 4.90 Å². The molecule has 8 nitrogen and oxygen atoms in total. The highest BCUT2D eigenvalue weighted by Crippen LogP contribution is 2.16. The zero-order chi connectivity index (χ0) is 31.3. The molecule has 1 atom stereocenters. The van der Waals surface area contributed by atoms with Crippen LogP contribution >= 0.6 is 11.6 Å². The van der Waals surface area contributed by atoms with Crippen LogP contribution < -0.4 is 21.1 Å². The standard InChI is InChI=1S/C35H37ClN4O4/c1-2-44-31-18-12-26(13-19-31)22-32(39-33(41)29-14-16-30(36)17-15-29)34(42)40(21-20-25-6-4-3-5-7-25)35(43)38-24-28-10-8-27(23-37)9-11-28/h3-19,32H,2,20-24,37H2,1H3,(H,38,43)(H,39,41)/t32-/m1/s1. The highest BCUT2D eigenvalue weighted by atomic mass is 35.5. The van der Waals surface area contributed by atoms with Crippen LogP contribution in [0.3, 0.4) is 0 Å². The molecule has 4 rings (SSSR count). The van der Waals surface area contributed by atoms with Gasteiger partial charge in [-0.3, -0.25) is 14.5 Å². The van der Waals surface area contributed by atoms with E-state index in [-0.39, 0.29) is 19.5 Å². The number of carbonyl (C=O) groups excluding carboxylic acids is 3. The molecule has 0 aromatic heterocycles. The first-order valence-electron chi connectivity index (χ1n) is 14.6. The number of rotatable bonds is 13. The third-order valence-electron chi connectivity index (χ3n) is 7.06. The van der Waals surface area contributed by atoms with E-state index in [0.29, 0.717) is 35.9 Å². The molecular formula is C35H37ClN4O4. The molecule has 0 saturated carbocycles. The van der Waals surface area contributed by atoms with Gasteiger partial charge in [-0.25, -0.2) is 4.79 Å². The van der Waals surface area contributed by atoms with Gasteiger partial charge < -0.3 is 21.1 Å². The van der Waals surface area contributed by atoms with Crippen LogP contribution in [0.1, 0.15) is 39.5 Å². The summed E-state index contributed by atoms with van der Waals surface area (Å²) in [5, 5.41) is 6.23. The Morgan fingerprint density at radius 1 is 0.818 bits per heavy atom. The second-order valence-corrected chi connectivity index (χ2v) is 10.7. The molecule has 9 heteroatoms. The molecule has 44 heavy (non-hydrogen) atoms. The summed E-state index contributed by atoms with van der Waals surface area (Å²) in [6.07, 6.45) is 0.617. The number of nitrogens with zero attached hydrogens (tertiary/aromatic N) is 1. The van der Waals surface area contributed by atoms with E-state index in [2.05, 4.69) is 10.6 Å². The number of halogens is 1. The van der Waals surface area contributed by atoms with Crippen LogP contribution in [0.2, 0.25) is 5.02 Å². The largest absolute Gasteiger partial charge is 0.494 e. The minimum absolute atomic E-state index is 0.122. The Labute approximate surface area is 263 Å². The second-order valence-electron chi connectivity index (χ2n) is 10.2. The number of carbonyl (C=O) groups is 3. The summed E-state index contributed by atoms with van der Waals surface area (Å²) in [4.78, 5) is 42.2. The minimum atomic E-state index is -1.03. The molecule has 4 aromatic rings. The maximum atomic E-state index is 14.2. The lowest BCUT2D eigenvalue weighted by Gasteiger charge is -2.27. The molecule has 0 bridgehead atoms. The fourth-order valence-corrected chi connectivity index (χ4v) is 4.74. The van der Waals surface area contributed by atoms with Crippen LogP contribution in [0.5, 0.6) is 5.75 Å². The van der Waals surface area contributed by atoms with Crippen molar-refractivity contribution < 1.29 is 19.1 Å². The van der Waals surface area contributed by atoms with E-state index < -0.39 is 23.9 Å². The van der Waals surface area contributed by atoms with E-state index >= 15 is 0 Å². The molecule has 0 spiro atoms. The average Bonchev–Trinajstić information content (AvgIpc) is 3.05. The van der Waals surface area contributed by atoms with E-state index in [9.17, 15) is 14.4 Å². The Hall–Kier alpha value is -4.66. The van der Waals surface area contributed by atoms with E-state index in [0.717, 1.165) is 22.3 Å². The monoisotopic (exact) mass is 612 g/mol. The van der Waals surface area contributed by atoms with Crippen molar-refractivity contribution in [1.82, 2.24) is 15.5 Å². The van der Waals surface area contributed by atoms with Crippen LogP contribution in [-0.4, -0.2) is 41.9 Å². The maximum Gasteiger partial charge on any atom is 0.324 e. The molecule has 4 amide bonds. The summed E-state index contributed by atoms with van der Waals surface area (Å²) in [6, 6.07) is 29.3. The van der Waals surface area contributed by atoms with Crippen LogP contribution in [0.15, 0.2) is 103 Å². The molecule has 0 aliphatic heterocycles. The first-order chi connectivity index (χ1) is 21.4. The van der Waals surface area contributed by atoms with Gasteiger partial charge in [-0.05, 0) is 72.0 Å². The fourth-order valence-electron chi connectivity index (χ4n) is 4.62. The third kappa shape index (κ3) is 9.42. The molecule has 0 aliphatic carbocycles. The van der Waals surface area contributed by atoms with E-state index in [1.807, 2.05) is 85.8 Å². The second kappa shape index (κ2) is 16.3. The van der Waals surface area contributed by atoms with Gasteiger partial charge in [0.05, 0.1) is 6.61 Å². The van der Waals surface area contributed by atoms with Gasteiger partial charge in [0.1, 0.15) is 11.8 Å². The topological polar surface area (TPSA) is 114 Å². The van der Waals surface area contributed by atoms with Crippen molar-refractivity contribution in [3.8, 4) is 5.75 Å². The first-order valence-corrected chi connectivity index (χ1v) is 14.9. The normalized spacial score (nSPS) is 11.3. The quantitative estimate of drug-likeness (QED) is 0.184. The molecule has 4 N–H and O–H groups in total. The van der Waals surface area contributed by atoms with E-state index in [4.69, 9.17) is 22.1 Å². The van der Waals surface area contributed by atoms with Gasteiger partial charge in [0, 0.05) is 36.6 Å². The van der Waals surface area contributed by atoms with Gasteiger partial charge in [-0.2, -0.15) is 0 Å². The zero-order valence-electron chi connectivity index (χ0n) is 24.7. The highest BCUT2D eigenvalue weighted by molar-refractivity contribution is 6.30. The summed E-state index contributed by atoms with van der Waals surface area (Å²) in [7, 11) is 0. The molecule has 0 radical (unpaired) electrons. The minimum Gasteiger partial charge on any atom is -0.494 e. The fraction of sp³-hybridized carbons (Fsp3) is 0.229. The molecule has 4 aromatic carbocycles. The predicted octanol–water partition coefficient (Wildman–Crippen LogP) is 5.52. The zero-order valence-corrected chi connectivity index (χ0v) is 25.4. The third-order valence-corrected chi connectivity index (χ3v) is 7.32. The number of amides is 4. The SMILES string of the molecule is CCOc1ccc(C[C@@H](NC(=O)c2ccc(Cl)cc2)C(=O)N(CCc2ccccc2)C(=O)NCc2ccc(CN)cc2)cc1. The smallest absolute Gasteiger partial charge is 0.324 e. The van der Waals surface area contributed by atoms with Crippen LogP contribution in [-0.2, 0) is 30.7 Å². The number of imide groups is 1. The molecule has 0 fully saturated rings. The van der Waals surface area contributed by atoms with Crippen molar-refractivity contribution >= 4 is 29.4 Å². The summed E-state index contributed by atoms with van der Waals surface area (Å²) >= 11 is 6.01. The highest BCUT2D eigenvalue weighted by Gasteiger charge is 2.30. The predicted molar refractivity (Wildman–Crippen MR) is 172 cm³/mol. The van der Waals surface area contributed by atoms with E-state index in [1.54, 1.807) is 24.3 Å². The lowest BCUT2D eigenvalue weighted by atomic mass is 10.0. The number of hydrogen-bond acceptors (Lipinski definition) is 5. The molecule has 0 aliphatic rings. The van der Waals surface area contributed by atoms with Gasteiger partial charge in [-0.1, -0.05) is 78.3 Å². The molecule has 0 saturated heterocycles. The van der Waals surface area contributed by atoms with Gasteiger partial charge in [0.2, 0.25) is 0 Å². The molecule has 0 unspecified atom stereocenters. The summed E-state index contributed by atoms with van der Waals surface area (Å²) in [5.74, 6) is -0.268. The van der Waals surface area contributed by atoms with Crippen molar-refractivity contribution in [2.75, 3.05) is 13.2 Å². The number of hydrogen-bond donors (Lipinski definition) is 3. The first kappa shape index (κ1) is 32.3. The summed E-state index contributed by atoms with van der Waals surface area (Å²) in [5.41, 5.74) is 9.67. The Morgan fingerprint density at radius 2 is 1.45 bits per heavy atom. The van der Waals surface area contributed by atoms with Gasteiger partial charge in [0.25, 0.3) is 11.8 Å². The molecule has 228 valence electrons. The van der Waals surface area contributed by atoms with Gasteiger partial charge in [0.15, 0.2) is 0 Å². The van der Waals surface area contributed by atoms with Crippen molar-refractivity contribution in [2.45, 2.75) is 38.9 Å². The van der Waals surface area contributed by atoms with Crippen molar-refractivity contribution in [2.24, 2.45) is 5.73 Å². The van der Waals surface area contributed by atoms with Gasteiger partial charge in [-0.15, -0.1) is 0 Å². The van der Waals surface area contributed by atoms with Gasteiger partial charge >= 0.3 is 6.03 Å². The molecule has 0 heterocycles. The number of benzene rings is 4. The van der Waals surface area contributed by atoms with Crippen molar-refractivity contribution in [3.05, 3.63) is 136 Å². The lowest BCUT2D eigenvalue weighted by molar-refractivity contribution is -0.130. The number of nitrogens with two attached hydrogens (primary N) is 1. The number of urea groups is 1. The Morgan fingerprint density at radius 3 is 2.09 bits per heavy atom. The Kier molecular flexibility index (Phi) is 11.9. The summed E-state index contributed by atoms with van der Waals surface area (Å²) in [6.45, 7) is 3.20. The van der Waals surface area contributed by atoms with Crippen molar-refractivity contribution in [1.29, 1.82) is 0 Å². The maximum absolute atomic E-state index is 14.2. The Balaban J connectivity index is 1.58. The summed E-state index contributed by atoms with van der Waals surface area (Å²) < 4.78 is 5.55. The number of ether oxygens (including phenoxy) is 1. The van der Waals surface area contributed by atoms with Crippen LogP contribution in [0, 0.1) is 0 Å². The number of nitrogens with one attached hydrogen (secondary N) is 2. The average molecular weight is 613 g/mol. The molecular weight excluding hydrogens is 576 g/mol. The van der Waals surface area contributed by atoms with Crippen LogP contribution in [0.4, 0.5) is 4.79 Å². The van der Waals surface area contributed by atoms with Crippen LogP contribution in [0.25, 0.3) is 0 Å².